The van der Waals surface area contributed by atoms with Crippen molar-refractivity contribution in [3.8, 4) is 0 Å². The molecule has 0 spiro atoms. The van der Waals surface area contributed by atoms with Gasteiger partial charge in [0.15, 0.2) is 0 Å². The normalized spacial score (nSPS) is 16.5. The Morgan fingerprint density at radius 3 is 2.51 bits per heavy atom. The number of aromatic amines is 1. The van der Waals surface area contributed by atoms with Crippen molar-refractivity contribution >= 4 is 22.8 Å². The first-order chi connectivity index (χ1) is 16.5. The Hall–Kier alpha value is -3.47. The number of nitrogens with zero attached hydrogens (tertiary/aromatic N) is 3. The molecule has 2 aromatic heterocycles. The van der Waals surface area contributed by atoms with Crippen LogP contribution < -0.4 is 10.9 Å². The van der Waals surface area contributed by atoms with Gasteiger partial charge in [-0.25, -0.2) is 23.1 Å². The Morgan fingerprint density at radius 2 is 1.89 bits per heavy atom. The molecule has 35 heavy (non-hydrogen) atoms. The van der Waals surface area contributed by atoms with Crippen molar-refractivity contribution in [3.05, 3.63) is 63.0 Å². The van der Waals surface area contributed by atoms with Gasteiger partial charge < -0.3 is 20.3 Å². The zero-order chi connectivity index (χ0) is 25.5. The lowest BCUT2D eigenvalue weighted by atomic mass is 9.84. The summed E-state index contributed by atoms with van der Waals surface area (Å²) in [5.74, 6) is -0.528. The third-order valence-corrected chi connectivity index (χ3v) is 6.47. The van der Waals surface area contributed by atoms with E-state index in [0.717, 1.165) is 6.07 Å². The number of aromatic nitrogens is 3. The molecule has 0 saturated carbocycles. The molecule has 1 saturated heterocycles. The molecule has 1 fully saturated rings. The standard InChI is InChI=1S/C24H26F3N5O3/c1-12(15-5-4-6-16(19(15)25)20(26)27)28-21-17-11-18(23(34)31-22(17)30-13(2)29-21)24(35)7-9-32(10-8-24)14(3)33/h4-6,11-12,20,35H,7-10H2,1-3H3,(H2,28,29,30,31,34)/t12-/m1/s1. The third-order valence-electron chi connectivity index (χ3n) is 6.47. The molecule has 0 bridgehead atoms. The lowest BCUT2D eigenvalue weighted by molar-refractivity contribution is -0.133. The number of hydrogen-bond donors (Lipinski definition) is 3. The van der Waals surface area contributed by atoms with E-state index in [-0.39, 0.29) is 41.3 Å². The second-order valence-corrected chi connectivity index (χ2v) is 8.85. The predicted molar refractivity (Wildman–Crippen MR) is 124 cm³/mol. The fourth-order valence-electron chi connectivity index (χ4n) is 4.47. The van der Waals surface area contributed by atoms with Crippen LogP contribution >= 0.6 is 0 Å². The van der Waals surface area contributed by atoms with Crippen molar-refractivity contribution in [2.75, 3.05) is 18.4 Å². The summed E-state index contributed by atoms with van der Waals surface area (Å²) in [5.41, 5.74) is -2.30. The number of amides is 1. The molecule has 1 atom stereocenters. The second-order valence-electron chi connectivity index (χ2n) is 8.85. The molecule has 3 N–H and O–H groups in total. The maximum absolute atomic E-state index is 14.7. The number of rotatable bonds is 5. The SMILES string of the molecule is CC(=O)N1CCC(O)(c2cc3c(N[C@H](C)c4cccc(C(F)F)c4F)nc(C)nc3[nH]c2=O)CC1. The van der Waals surface area contributed by atoms with E-state index in [4.69, 9.17) is 0 Å². The maximum Gasteiger partial charge on any atom is 0.266 e. The highest BCUT2D eigenvalue weighted by Crippen LogP contribution is 2.34. The van der Waals surface area contributed by atoms with Gasteiger partial charge in [0.25, 0.3) is 12.0 Å². The molecular formula is C24H26F3N5O3. The van der Waals surface area contributed by atoms with Gasteiger partial charge in [0.1, 0.15) is 23.1 Å². The van der Waals surface area contributed by atoms with E-state index in [9.17, 15) is 27.9 Å². The lowest BCUT2D eigenvalue weighted by Crippen LogP contribution is -2.46. The number of aryl methyl sites for hydroxylation is 1. The van der Waals surface area contributed by atoms with Gasteiger partial charge in [-0.15, -0.1) is 0 Å². The predicted octanol–water partition coefficient (Wildman–Crippen LogP) is 3.71. The summed E-state index contributed by atoms with van der Waals surface area (Å²) in [7, 11) is 0. The molecule has 0 unspecified atom stereocenters. The van der Waals surface area contributed by atoms with Gasteiger partial charge >= 0.3 is 0 Å². The molecule has 11 heteroatoms. The fraction of sp³-hybridized carbons (Fsp3) is 0.417. The minimum absolute atomic E-state index is 0.0343. The van der Waals surface area contributed by atoms with Gasteiger partial charge in [-0.3, -0.25) is 9.59 Å². The zero-order valence-corrected chi connectivity index (χ0v) is 19.5. The minimum atomic E-state index is -2.95. The van der Waals surface area contributed by atoms with Crippen molar-refractivity contribution in [3.63, 3.8) is 0 Å². The number of aliphatic hydroxyl groups is 1. The Labute approximate surface area is 199 Å². The highest BCUT2D eigenvalue weighted by Gasteiger charge is 2.37. The monoisotopic (exact) mass is 489 g/mol. The Morgan fingerprint density at radius 1 is 1.23 bits per heavy atom. The van der Waals surface area contributed by atoms with Crippen molar-refractivity contribution in [1.29, 1.82) is 0 Å². The molecule has 4 rings (SSSR count). The number of alkyl halides is 2. The van der Waals surface area contributed by atoms with Crippen LogP contribution in [0.3, 0.4) is 0 Å². The lowest BCUT2D eigenvalue weighted by Gasteiger charge is -2.37. The number of nitrogens with one attached hydrogen (secondary N) is 2. The first-order valence-corrected chi connectivity index (χ1v) is 11.2. The first-order valence-electron chi connectivity index (χ1n) is 11.2. The van der Waals surface area contributed by atoms with E-state index in [2.05, 4.69) is 20.3 Å². The van der Waals surface area contributed by atoms with Crippen molar-refractivity contribution in [2.45, 2.75) is 51.7 Å². The van der Waals surface area contributed by atoms with E-state index in [1.165, 1.54) is 25.1 Å². The van der Waals surface area contributed by atoms with Crippen LogP contribution in [0.2, 0.25) is 0 Å². The first kappa shape index (κ1) is 24.6. The fourth-order valence-corrected chi connectivity index (χ4v) is 4.47. The molecule has 186 valence electrons. The van der Waals surface area contributed by atoms with Crippen molar-refractivity contribution in [1.82, 2.24) is 19.9 Å². The van der Waals surface area contributed by atoms with Gasteiger partial charge in [-0.2, -0.15) is 0 Å². The van der Waals surface area contributed by atoms with Gasteiger partial charge in [0.2, 0.25) is 5.91 Å². The molecule has 3 heterocycles. The van der Waals surface area contributed by atoms with Crippen LogP contribution in [0.15, 0.2) is 29.1 Å². The van der Waals surface area contributed by atoms with Gasteiger partial charge in [-0.05, 0) is 32.8 Å². The Bertz CT molecular complexity index is 1340. The number of carbonyl (C=O) groups is 1. The number of likely N-dealkylation sites (tertiary alicyclic amines) is 1. The number of anilines is 1. The topological polar surface area (TPSA) is 111 Å². The maximum atomic E-state index is 14.7. The summed E-state index contributed by atoms with van der Waals surface area (Å²) in [6, 6.07) is 4.56. The molecule has 0 aliphatic carbocycles. The Kier molecular flexibility index (Phi) is 6.54. The van der Waals surface area contributed by atoms with Crippen molar-refractivity contribution < 1.29 is 23.1 Å². The zero-order valence-electron chi connectivity index (χ0n) is 19.5. The van der Waals surface area contributed by atoms with Crippen LogP contribution in [-0.4, -0.2) is 44.0 Å². The van der Waals surface area contributed by atoms with Crippen LogP contribution in [0, 0.1) is 12.7 Å². The third kappa shape index (κ3) is 4.72. The van der Waals surface area contributed by atoms with Crippen LogP contribution in [-0.2, 0) is 10.4 Å². The highest BCUT2D eigenvalue weighted by atomic mass is 19.3. The molecule has 1 amide bonds. The summed E-state index contributed by atoms with van der Waals surface area (Å²) < 4.78 is 41.0. The number of benzene rings is 1. The second kappa shape index (κ2) is 9.29. The number of pyridine rings is 1. The number of hydrogen-bond acceptors (Lipinski definition) is 6. The van der Waals surface area contributed by atoms with Crippen LogP contribution in [0.5, 0.6) is 0 Å². The Balaban J connectivity index is 1.74. The van der Waals surface area contributed by atoms with Crippen molar-refractivity contribution in [2.24, 2.45) is 0 Å². The van der Waals surface area contributed by atoms with Gasteiger partial charge in [-0.1, -0.05) is 18.2 Å². The van der Waals surface area contributed by atoms with Crippen LogP contribution in [0.25, 0.3) is 11.0 Å². The van der Waals surface area contributed by atoms with E-state index < -0.39 is 35.0 Å². The number of halogens is 3. The van der Waals surface area contributed by atoms with Gasteiger partial charge in [0.05, 0.1) is 22.6 Å². The summed E-state index contributed by atoms with van der Waals surface area (Å²) in [5, 5.41) is 14.7. The minimum Gasteiger partial charge on any atom is -0.385 e. The average Bonchev–Trinajstić information content (AvgIpc) is 2.78. The smallest absolute Gasteiger partial charge is 0.266 e. The van der Waals surface area contributed by atoms with Gasteiger partial charge in [0, 0.05) is 31.1 Å². The number of fused-ring (bicyclic) bond motifs is 1. The summed E-state index contributed by atoms with van der Waals surface area (Å²) in [6.07, 6.45) is -2.59. The molecule has 1 aliphatic heterocycles. The molecule has 1 aliphatic rings. The van der Waals surface area contributed by atoms with E-state index in [1.54, 1.807) is 18.7 Å². The van der Waals surface area contributed by atoms with E-state index in [0.29, 0.717) is 24.3 Å². The summed E-state index contributed by atoms with van der Waals surface area (Å²) in [4.78, 5) is 37.4. The van der Waals surface area contributed by atoms with Crippen LogP contribution in [0.4, 0.5) is 19.0 Å². The average molecular weight is 489 g/mol. The van der Waals surface area contributed by atoms with E-state index >= 15 is 0 Å². The molecule has 1 aromatic carbocycles. The number of carbonyl (C=O) groups excluding carboxylic acids is 1. The highest BCUT2D eigenvalue weighted by molar-refractivity contribution is 5.87. The molecule has 8 nitrogen and oxygen atoms in total. The molecular weight excluding hydrogens is 463 g/mol. The number of H-pyrrole nitrogens is 1. The largest absolute Gasteiger partial charge is 0.385 e. The quantitative estimate of drug-likeness (QED) is 0.504. The van der Waals surface area contributed by atoms with Crippen LogP contribution in [0.1, 0.15) is 61.7 Å². The molecule has 0 radical (unpaired) electrons. The van der Waals surface area contributed by atoms with E-state index in [1.807, 2.05) is 0 Å². The summed E-state index contributed by atoms with van der Waals surface area (Å²) in [6.45, 7) is 5.27. The summed E-state index contributed by atoms with van der Waals surface area (Å²) >= 11 is 0. The number of piperidine rings is 1. The molecule has 3 aromatic rings.